The van der Waals surface area contributed by atoms with E-state index in [4.69, 9.17) is 4.74 Å². The highest BCUT2D eigenvalue weighted by atomic mass is 79.9. The SMILES string of the molecule is COC(C)CC(CBr)(CBr)c1ccc(F)cc1. The zero-order valence-corrected chi connectivity index (χ0v) is 13.2. The molecule has 17 heavy (non-hydrogen) atoms. The summed E-state index contributed by atoms with van der Waals surface area (Å²) < 4.78 is 18.3. The maximum absolute atomic E-state index is 13.0. The minimum absolute atomic E-state index is 0.0663. The van der Waals surface area contributed by atoms with Crippen molar-refractivity contribution in [2.75, 3.05) is 17.8 Å². The van der Waals surface area contributed by atoms with Crippen molar-refractivity contribution >= 4 is 31.9 Å². The molecular weight excluding hydrogens is 351 g/mol. The van der Waals surface area contributed by atoms with Crippen LogP contribution in [0.25, 0.3) is 0 Å². The summed E-state index contributed by atoms with van der Waals surface area (Å²) in [5.74, 6) is -0.202. The summed E-state index contributed by atoms with van der Waals surface area (Å²) in [6, 6.07) is 6.71. The number of hydrogen-bond donors (Lipinski definition) is 0. The minimum atomic E-state index is -0.202. The Labute approximate surface area is 119 Å². The molecule has 0 amide bonds. The van der Waals surface area contributed by atoms with E-state index in [9.17, 15) is 4.39 Å². The van der Waals surface area contributed by atoms with Crippen LogP contribution in [0.1, 0.15) is 18.9 Å². The second-order valence-corrected chi connectivity index (χ2v) is 5.43. The maximum atomic E-state index is 13.0. The maximum Gasteiger partial charge on any atom is 0.123 e. The molecule has 0 aromatic heterocycles. The van der Waals surface area contributed by atoms with Crippen LogP contribution in [-0.4, -0.2) is 23.9 Å². The van der Waals surface area contributed by atoms with E-state index in [0.29, 0.717) is 0 Å². The van der Waals surface area contributed by atoms with Gasteiger partial charge in [0.2, 0.25) is 0 Å². The van der Waals surface area contributed by atoms with E-state index < -0.39 is 0 Å². The molecule has 1 atom stereocenters. The summed E-state index contributed by atoms with van der Waals surface area (Å²) in [6.07, 6.45) is 1.04. The molecule has 0 fully saturated rings. The number of rotatable bonds is 6. The Bertz CT molecular complexity index is 336. The molecule has 0 N–H and O–H groups in total. The van der Waals surface area contributed by atoms with Crippen LogP contribution in [0, 0.1) is 5.82 Å². The highest BCUT2D eigenvalue weighted by Gasteiger charge is 2.32. The van der Waals surface area contributed by atoms with Crippen LogP contribution in [0.2, 0.25) is 0 Å². The highest BCUT2D eigenvalue weighted by Crippen LogP contribution is 2.34. The average molecular weight is 368 g/mol. The average Bonchev–Trinajstić information content (AvgIpc) is 2.37. The van der Waals surface area contributed by atoms with Crippen molar-refractivity contribution in [1.82, 2.24) is 0 Å². The van der Waals surface area contributed by atoms with Gasteiger partial charge >= 0.3 is 0 Å². The van der Waals surface area contributed by atoms with Crippen molar-refractivity contribution < 1.29 is 9.13 Å². The van der Waals surface area contributed by atoms with Crippen LogP contribution in [-0.2, 0) is 10.2 Å². The summed E-state index contributed by atoms with van der Waals surface area (Å²) in [5.41, 5.74) is 1.06. The predicted molar refractivity (Wildman–Crippen MR) is 76.8 cm³/mol. The van der Waals surface area contributed by atoms with Crippen molar-refractivity contribution in [3.63, 3.8) is 0 Å². The standard InChI is InChI=1S/C13H17Br2FO/c1-10(17-2)7-13(8-14,9-15)11-3-5-12(16)6-4-11/h3-6,10H,7-9H2,1-2H3. The van der Waals surface area contributed by atoms with E-state index in [0.717, 1.165) is 22.6 Å². The molecule has 0 saturated heterocycles. The van der Waals surface area contributed by atoms with Gasteiger partial charge in [-0.3, -0.25) is 0 Å². The molecule has 0 aliphatic carbocycles. The quantitative estimate of drug-likeness (QED) is 0.682. The van der Waals surface area contributed by atoms with Crippen LogP contribution >= 0.6 is 31.9 Å². The van der Waals surface area contributed by atoms with Crippen LogP contribution in [0.4, 0.5) is 4.39 Å². The predicted octanol–water partition coefficient (Wildman–Crippen LogP) is 4.28. The third-order valence-electron chi connectivity index (χ3n) is 3.05. The molecule has 1 rings (SSSR count). The van der Waals surface area contributed by atoms with Crippen molar-refractivity contribution in [3.05, 3.63) is 35.6 Å². The van der Waals surface area contributed by atoms with E-state index in [2.05, 4.69) is 31.9 Å². The first kappa shape index (κ1) is 15.1. The van der Waals surface area contributed by atoms with E-state index in [1.54, 1.807) is 7.11 Å². The lowest BCUT2D eigenvalue weighted by molar-refractivity contribution is 0.0945. The van der Waals surface area contributed by atoms with Gasteiger partial charge < -0.3 is 4.74 Å². The third-order valence-corrected chi connectivity index (χ3v) is 5.20. The fraction of sp³-hybridized carbons (Fsp3) is 0.538. The number of alkyl halides is 2. The molecule has 4 heteroatoms. The first-order chi connectivity index (χ1) is 8.07. The Morgan fingerprint density at radius 3 is 2.18 bits per heavy atom. The molecular formula is C13H17Br2FO. The number of benzene rings is 1. The molecule has 0 spiro atoms. The fourth-order valence-electron chi connectivity index (χ4n) is 1.85. The molecule has 0 aliphatic heterocycles. The van der Waals surface area contributed by atoms with E-state index in [1.165, 1.54) is 12.1 Å². The normalized spacial score (nSPS) is 13.7. The smallest absolute Gasteiger partial charge is 0.123 e. The molecule has 1 nitrogen and oxygen atoms in total. The lowest BCUT2D eigenvalue weighted by Gasteiger charge is -2.33. The van der Waals surface area contributed by atoms with Crippen molar-refractivity contribution in [2.24, 2.45) is 0 Å². The summed E-state index contributed by atoms with van der Waals surface area (Å²) in [5, 5.41) is 1.62. The zero-order valence-electron chi connectivity index (χ0n) is 10.1. The second kappa shape index (κ2) is 6.86. The van der Waals surface area contributed by atoms with E-state index >= 15 is 0 Å². The fourth-order valence-corrected chi connectivity index (χ4v) is 3.89. The minimum Gasteiger partial charge on any atom is -0.382 e. The van der Waals surface area contributed by atoms with Crippen LogP contribution in [0.5, 0.6) is 0 Å². The van der Waals surface area contributed by atoms with Gasteiger partial charge in [0.1, 0.15) is 5.82 Å². The largest absolute Gasteiger partial charge is 0.382 e. The Kier molecular flexibility index (Phi) is 6.10. The molecule has 1 aromatic carbocycles. The summed E-state index contributed by atoms with van der Waals surface area (Å²) in [7, 11) is 1.71. The summed E-state index contributed by atoms with van der Waals surface area (Å²) in [4.78, 5) is 0. The molecule has 0 aliphatic rings. The van der Waals surface area contributed by atoms with Gasteiger partial charge in [-0.15, -0.1) is 0 Å². The third kappa shape index (κ3) is 3.76. The number of methoxy groups -OCH3 is 1. The van der Waals surface area contributed by atoms with Crippen LogP contribution in [0.15, 0.2) is 24.3 Å². The van der Waals surface area contributed by atoms with Gasteiger partial charge in [-0.1, -0.05) is 44.0 Å². The molecule has 96 valence electrons. The Balaban J connectivity index is 3.01. The molecule has 0 bridgehead atoms. The van der Waals surface area contributed by atoms with Gasteiger partial charge in [0, 0.05) is 23.2 Å². The zero-order chi connectivity index (χ0) is 12.9. The summed E-state index contributed by atoms with van der Waals surface area (Å²) >= 11 is 7.13. The van der Waals surface area contributed by atoms with Gasteiger partial charge in [0.15, 0.2) is 0 Å². The number of hydrogen-bond acceptors (Lipinski definition) is 1. The van der Waals surface area contributed by atoms with Crippen molar-refractivity contribution in [1.29, 1.82) is 0 Å². The Hall–Kier alpha value is 0.0700. The van der Waals surface area contributed by atoms with Gasteiger partial charge in [0.05, 0.1) is 6.10 Å². The molecule has 0 heterocycles. The first-order valence-corrected chi connectivity index (χ1v) is 7.73. The van der Waals surface area contributed by atoms with Crippen molar-refractivity contribution in [3.8, 4) is 0 Å². The summed E-state index contributed by atoms with van der Waals surface area (Å²) in [6.45, 7) is 2.05. The van der Waals surface area contributed by atoms with Gasteiger partial charge in [0.25, 0.3) is 0 Å². The second-order valence-electron chi connectivity index (χ2n) is 4.30. The number of ether oxygens (including phenoxy) is 1. The van der Waals surface area contributed by atoms with Gasteiger partial charge in [-0.25, -0.2) is 4.39 Å². The number of halogens is 3. The highest BCUT2D eigenvalue weighted by molar-refractivity contribution is 9.09. The first-order valence-electron chi connectivity index (χ1n) is 5.49. The topological polar surface area (TPSA) is 9.23 Å². The lowest BCUT2D eigenvalue weighted by Crippen LogP contribution is -2.34. The van der Waals surface area contributed by atoms with E-state index in [-0.39, 0.29) is 17.3 Å². The van der Waals surface area contributed by atoms with Crippen LogP contribution < -0.4 is 0 Å². The molecule has 1 unspecified atom stereocenters. The lowest BCUT2D eigenvalue weighted by atomic mass is 9.80. The monoisotopic (exact) mass is 366 g/mol. The van der Waals surface area contributed by atoms with Crippen molar-refractivity contribution in [2.45, 2.75) is 24.9 Å². The van der Waals surface area contributed by atoms with Crippen LogP contribution in [0.3, 0.4) is 0 Å². The molecule has 0 radical (unpaired) electrons. The van der Waals surface area contributed by atoms with Gasteiger partial charge in [-0.2, -0.15) is 0 Å². The Morgan fingerprint density at radius 1 is 1.24 bits per heavy atom. The van der Waals surface area contributed by atoms with Gasteiger partial charge in [-0.05, 0) is 31.0 Å². The van der Waals surface area contributed by atoms with E-state index in [1.807, 2.05) is 19.1 Å². The molecule has 0 saturated carbocycles. The molecule has 1 aromatic rings. The Morgan fingerprint density at radius 2 is 1.76 bits per heavy atom.